The summed E-state index contributed by atoms with van der Waals surface area (Å²) in [5.41, 5.74) is -0.247. The summed E-state index contributed by atoms with van der Waals surface area (Å²) < 4.78 is 5.20. The molecule has 2 aliphatic rings. The van der Waals surface area contributed by atoms with Gasteiger partial charge in [-0.05, 0) is 33.4 Å². The van der Waals surface area contributed by atoms with Gasteiger partial charge in [0, 0.05) is 38.8 Å². The standard InChI is InChI=1S/C17H27N5O2/c1-20(2)9-10-21-8-6-17(16(21)23)5-4-7-22(12-17)14-11-15(24-3)19-13-18-14/h11,13H,4-10,12H2,1-3H3/t17-/m0/s1. The lowest BCUT2D eigenvalue weighted by molar-refractivity contribution is -0.136. The largest absolute Gasteiger partial charge is 0.481 e. The topological polar surface area (TPSA) is 61.8 Å². The van der Waals surface area contributed by atoms with Crippen LogP contribution in [0.4, 0.5) is 5.82 Å². The van der Waals surface area contributed by atoms with Crippen molar-refractivity contribution < 1.29 is 9.53 Å². The molecule has 7 heteroatoms. The Morgan fingerprint density at radius 3 is 2.88 bits per heavy atom. The molecule has 1 aromatic heterocycles. The van der Waals surface area contributed by atoms with E-state index in [1.807, 2.05) is 25.1 Å². The first-order chi connectivity index (χ1) is 11.5. The molecular formula is C17H27N5O2. The van der Waals surface area contributed by atoms with E-state index in [-0.39, 0.29) is 5.41 Å². The summed E-state index contributed by atoms with van der Waals surface area (Å²) in [5.74, 6) is 1.72. The number of nitrogens with zero attached hydrogens (tertiary/aromatic N) is 5. The lowest BCUT2D eigenvalue weighted by Crippen LogP contribution is -2.48. The maximum absolute atomic E-state index is 13.0. The first kappa shape index (κ1) is 17.0. The van der Waals surface area contributed by atoms with Crippen LogP contribution in [0.1, 0.15) is 19.3 Å². The molecule has 1 aromatic rings. The van der Waals surface area contributed by atoms with Crippen molar-refractivity contribution in [2.75, 3.05) is 58.8 Å². The second-order valence-corrected chi connectivity index (χ2v) is 7.07. The number of likely N-dealkylation sites (N-methyl/N-ethyl adjacent to an activating group) is 1. The number of ether oxygens (including phenoxy) is 1. The monoisotopic (exact) mass is 333 g/mol. The highest BCUT2D eigenvalue weighted by Crippen LogP contribution is 2.41. The van der Waals surface area contributed by atoms with E-state index in [2.05, 4.69) is 19.8 Å². The van der Waals surface area contributed by atoms with Crippen LogP contribution in [0.15, 0.2) is 12.4 Å². The summed E-state index contributed by atoms with van der Waals surface area (Å²) in [7, 11) is 5.69. The predicted octanol–water partition coefficient (Wildman–Crippen LogP) is 0.866. The molecule has 1 atom stereocenters. The molecule has 0 saturated carbocycles. The quantitative estimate of drug-likeness (QED) is 0.797. The lowest BCUT2D eigenvalue weighted by atomic mass is 9.78. The molecule has 3 heterocycles. The van der Waals surface area contributed by atoms with Gasteiger partial charge in [-0.25, -0.2) is 9.97 Å². The fourth-order valence-electron chi connectivity index (χ4n) is 3.75. The minimum atomic E-state index is -0.247. The second kappa shape index (κ2) is 6.93. The molecule has 0 radical (unpaired) electrons. The first-order valence-electron chi connectivity index (χ1n) is 8.59. The molecule has 3 rings (SSSR count). The number of methoxy groups -OCH3 is 1. The Bertz CT molecular complexity index is 594. The lowest BCUT2D eigenvalue weighted by Gasteiger charge is -2.39. The molecule has 24 heavy (non-hydrogen) atoms. The number of anilines is 1. The van der Waals surface area contributed by atoms with Crippen LogP contribution in [0.3, 0.4) is 0 Å². The number of hydrogen-bond donors (Lipinski definition) is 0. The van der Waals surface area contributed by atoms with Crippen LogP contribution in [0.25, 0.3) is 0 Å². The minimum Gasteiger partial charge on any atom is -0.481 e. The average molecular weight is 333 g/mol. The van der Waals surface area contributed by atoms with E-state index in [4.69, 9.17) is 4.74 Å². The van der Waals surface area contributed by atoms with Gasteiger partial charge in [0.25, 0.3) is 0 Å². The van der Waals surface area contributed by atoms with Crippen molar-refractivity contribution in [3.8, 4) is 5.88 Å². The molecule has 0 unspecified atom stereocenters. The number of piperidine rings is 1. The SMILES string of the molecule is COc1cc(N2CCC[C@]3(CCN(CCN(C)C)C3=O)C2)ncn1. The van der Waals surface area contributed by atoms with E-state index < -0.39 is 0 Å². The Morgan fingerprint density at radius 2 is 2.12 bits per heavy atom. The van der Waals surface area contributed by atoms with Crippen LogP contribution in [-0.4, -0.2) is 79.6 Å². The Kier molecular flexibility index (Phi) is 4.89. The zero-order valence-electron chi connectivity index (χ0n) is 14.9. The van der Waals surface area contributed by atoms with Gasteiger partial charge >= 0.3 is 0 Å². The van der Waals surface area contributed by atoms with E-state index in [1.54, 1.807) is 7.11 Å². The van der Waals surface area contributed by atoms with Gasteiger partial charge in [0.2, 0.25) is 11.8 Å². The Morgan fingerprint density at radius 1 is 1.29 bits per heavy atom. The highest BCUT2D eigenvalue weighted by Gasteiger charge is 2.48. The fraction of sp³-hybridized carbons (Fsp3) is 0.706. The number of rotatable bonds is 5. The van der Waals surface area contributed by atoms with Gasteiger partial charge in [0.1, 0.15) is 12.1 Å². The smallest absolute Gasteiger partial charge is 0.230 e. The van der Waals surface area contributed by atoms with E-state index in [1.165, 1.54) is 6.33 Å². The van der Waals surface area contributed by atoms with Crippen LogP contribution >= 0.6 is 0 Å². The van der Waals surface area contributed by atoms with Crippen LogP contribution in [-0.2, 0) is 4.79 Å². The Labute approximate surface area is 143 Å². The van der Waals surface area contributed by atoms with Gasteiger partial charge in [0.05, 0.1) is 12.5 Å². The van der Waals surface area contributed by atoms with Crippen molar-refractivity contribution in [3.05, 3.63) is 12.4 Å². The van der Waals surface area contributed by atoms with Gasteiger partial charge in [0.15, 0.2) is 0 Å². The fourth-order valence-corrected chi connectivity index (χ4v) is 3.75. The van der Waals surface area contributed by atoms with Gasteiger partial charge in [-0.2, -0.15) is 0 Å². The molecule has 2 saturated heterocycles. The molecule has 0 N–H and O–H groups in total. The zero-order chi connectivity index (χ0) is 17.2. The molecule has 0 aromatic carbocycles. The molecule has 2 aliphatic heterocycles. The number of carbonyl (C=O) groups excluding carboxylic acids is 1. The number of likely N-dealkylation sites (tertiary alicyclic amines) is 1. The van der Waals surface area contributed by atoms with Crippen LogP contribution in [0, 0.1) is 5.41 Å². The third-order valence-corrected chi connectivity index (χ3v) is 5.16. The summed E-state index contributed by atoms with van der Waals surface area (Å²) in [6.45, 7) is 4.26. The molecule has 0 bridgehead atoms. The van der Waals surface area contributed by atoms with Crippen molar-refractivity contribution in [2.45, 2.75) is 19.3 Å². The van der Waals surface area contributed by atoms with Gasteiger partial charge in [-0.1, -0.05) is 0 Å². The highest BCUT2D eigenvalue weighted by molar-refractivity contribution is 5.85. The van der Waals surface area contributed by atoms with Gasteiger partial charge in [-0.3, -0.25) is 4.79 Å². The maximum Gasteiger partial charge on any atom is 0.230 e. The third kappa shape index (κ3) is 3.31. The molecular weight excluding hydrogens is 306 g/mol. The van der Waals surface area contributed by atoms with E-state index in [0.717, 1.165) is 57.8 Å². The van der Waals surface area contributed by atoms with Gasteiger partial charge < -0.3 is 19.4 Å². The third-order valence-electron chi connectivity index (χ3n) is 5.16. The Balaban J connectivity index is 1.72. The summed E-state index contributed by atoms with van der Waals surface area (Å²) >= 11 is 0. The minimum absolute atomic E-state index is 0.247. The van der Waals surface area contributed by atoms with Crippen molar-refractivity contribution in [3.63, 3.8) is 0 Å². The number of amides is 1. The summed E-state index contributed by atoms with van der Waals surface area (Å²) in [6.07, 6.45) is 4.45. The van der Waals surface area contributed by atoms with Crippen LogP contribution < -0.4 is 9.64 Å². The number of aromatic nitrogens is 2. The Hall–Kier alpha value is -1.89. The predicted molar refractivity (Wildman–Crippen MR) is 92.2 cm³/mol. The number of carbonyl (C=O) groups is 1. The van der Waals surface area contributed by atoms with E-state index in [9.17, 15) is 4.79 Å². The second-order valence-electron chi connectivity index (χ2n) is 7.07. The summed E-state index contributed by atoms with van der Waals surface area (Å²) in [4.78, 5) is 27.8. The molecule has 1 amide bonds. The first-order valence-corrected chi connectivity index (χ1v) is 8.59. The molecule has 1 spiro atoms. The summed E-state index contributed by atoms with van der Waals surface area (Å²) in [5, 5.41) is 0. The number of hydrogen-bond acceptors (Lipinski definition) is 6. The average Bonchev–Trinajstić information content (AvgIpc) is 2.89. The zero-order valence-corrected chi connectivity index (χ0v) is 14.9. The van der Waals surface area contributed by atoms with Crippen molar-refractivity contribution in [2.24, 2.45) is 5.41 Å². The molecule has 2 fully saturated rings. The van der Waals surface area contributed by atoms with Gasteiger partial charge in [-0.15, -0.1) is 0 Å². The molecule has 7 nitrogen and oxygen atoms in total. The molecule has 0 aliphatic carbocycles. The summed E-state index contributed by atoms with van der Waals surface area (Å²) in [6, 6.07) is 1.85. The van der Waals surface area contributed by atoms with Crippen molar-refractivity contribution in [1.29, 1.82) is 0 Å². The normalized spacial score (nSPS) is 24.2. The van der Waals surface area contributed by atoms with E-state index >= 15 is 0 Å². The highest BCUT2D eigenvalue weighted by atomic mass is 16.5. The van der Waals surface area contributed by atoms with Crippen LogP contribution in [0.2, 0.25) is 0 Å². The molecule has 132 valence electrons. The maximum atomic E-state index is 13.0. The van der Waals surface area contributed by atoms with Crippen molar-refractivity contribution in [1.82, 2.24) is 19.8 Å². The van der Waals surface area contributed by atoms with Crippen molar-refractivity contribution >= 4 is 11.7 Å². The van der Waals surface area contributed by atoms with Crippen LogP contribution in [0.5, 0.6) is 5.88 Å². The van der Waals surface area contributed by atoms with E-state index in [0.29, 0.717) is 11.8 Å².